The van der Waals surface area contributed by atoms with Crippen molar-refractivity contribution in [2.75, 3.05) is 25.4 Å². The van der Waals surface area contributed by atoms with Crippen LogP contribution in [0.4, 0.5) is 0 Å². The molecule has 0 saturated carbocycles. The molecule has 2 aliphatic rings. The van der Waals surface area contributed by atoms with E-state index in [1.165, 1.54) is 17.3 Å². The molecule has 144 valence electrons. The second-order valence-corrected chi connectivity index (χ2v) is 8.13. The lowest BCUT2D eigenvalue weighted by atomic mass is 10.1. The highest BCUT2D eigenvalue weighted by molar-refractivity contribution is 7.99. The van der Waals surface area contributed by atoms with Gasteiger partial charge in [0.25, 0.3) is 0 Å². The number of nitrogens with zero attached hydrogens (tertiary/aromatic N) is 4. The molecular weight excluding hydrogens is 360 g/mol. The van der Waals surface area contributed by atoms with Gasteiger partial charge < -0.3 is 14.2 Å². The highest BCUT2D eigenvalue weighted by Gasteiger charge is 2.23. The van der Waals surface area contributed by atoms with Crippen molar-refractivity contribution in [3.8, 4) is 0 Å². The van der Waals surface area contributed by atoms with Crippen molar-refractivity contribution in [1.29, 1.82) is 0 Å². The van der Waals surface area contributed by atoms with Crippen LogP contribution in [-0.2, 0) is 22.5 Å². The van der Waals surface area contributed by atoms with Gasteiger partial charge in [-0.05, 0) is 31.2 Å². The van der Waals surface area contributed by atoms with E-state index in [0.717, 1.165) is 69.3 Å². The molecule has 1 aromatic heterocycles. The van der Waals surface area contributed by atoms with Gasteiger partial charge in [-0.1, -0.05) is 42.1 Å². The van der Waals surface area contributed by atoms with E-state index in [2.05, 4.69) is 26.9 Å². The largest absolute Gasteiger partial charge is 0.376 e. The topological polar surface area (TPSA) is 60.3 Å². The molecule has 0 bridgehead atoms. The van der Waals surface area contributed by atoms with E-state index in [0.29, 0.717) is 5.75 Å². The lowest BCUT2D eigenvalue weighted by Crippen LogP contribution is -2.29. The number of carbonyl (C=O) groups excluding carboxylic acids is 1. The van der Waals surface area contributed by atoms with Crippen molar-refractivity contribution in [2.24, 2.45) is 0 Å². The van der Waals surface area contributed by atoms with E-state index < -0.39 is 0 Å². The first-order chi connectivity index (χ1) is 13.3. The average molecular weight is 387 g/mol. The van der Waals surface area contributed by atoms with Gasteiger partial charge in [0, 0.05) is 26.1 Å². The SMILES string of the molecule is O=C(CSc1nnc(Cc2ccccc2)n1C[C@@H]1CCCO1)N1CCCC1. The predicted octanol–water partition coefficient (Wildman–Crippen LogP) is 2.76. The molecule has 2 aromatic rings. The van der Waals surface area contributed by atoms with E-state index >= 15 is 0 Å². The molecule has 4 rings (SSSR count). The first-order valence-corrected chi connectivity index (χ1v) is 10.8. The molecule has 0 unspecified atom stereocenters. The zero-order valence-corrected chi connectivity index (χ0v) is 16.4. The summed E-state index contributed by atoms with van der Waals surface area (Å²) in [6, 6.07) is 10.3. The Labute approximate surface area is 164 Å². The van der Waals surface area contributed by atoms with Gasteiger partial charge in [0.1, 0.15) is 5.82 Å². The summed E-state index contributed by atoms with van der Waals surface area (Å²) < 4.78 is 7.99. The summed E-state index contributed by atoms with van der Waals surface area (Å²) in [6.07, 6.45) is 5.36. The number of likely N-dealkylation sites (tertiary alicyclic amines) is 1. The van der Waals surface area contributed by atoms with Crippen LogP contribution in [0.25, 0.3) is 0 Å². The van der Waals surface area contributed by atoms with Crippen LogP contribution in [0.2, 0.25) is 0 Å². The molecule has 1 atom stereocenters. The molecule has 0 N–H and O–H groups in total. The summed E-state index contributed by atoms with van der Waals surface area (Å²) in [5.74, 6) is 1.57. The maximum absolute atomic E-state index is 12.4. The molecular formula is C20H26N4O2S. The van der Waals surface area contributed by atoms with Gasteiger partial charge in [-0.25, -0.2) is 0 Å². The van der Waals surface area contributed by atoms with Crippen LogP contribution in [0.15, 0.2) is 35.5 Å². The van der Waals surface area contributed by atoms with Gasteiger partial charge >= 0.3 is 0 Å². The third kappa shape index (κ3) is 4.71. The van der Waals surface area contributed by atoms with Crippen LogP contribution in [0.3, 0.4) is 0 Å². The number of amides is 1. The van der Waals surface area contributed by atoms with Gasteiger partial charge in [-0.2, -0.15) is 0 Å². The normalized spacial score (nSPS) is 19.7. The second-order valence-electron chi connectivity index (χ2n) is 7.18. The smallest absolute Gasteiger partial charge is 0.233 e. The Kier molecular flexibility index (Phi) is 6.09. The summed E-state index contributed by atoms with van der Waals surface area (Å²) in [5.41, 5.74) is 1.21. The lowest BCUT2D eigenvalue weighted by molar-refractivity contribution is -0.127. The highest BCUT2D eigenvalue weighted by atomic mass is 32.2. The third-order valence-electron chi connectivity index (χ3n) is 5.19. The minimum absolute atomic E-state index is 0.203. The molecule has 3 heterocycles. The number of aromatic nitrogens is 3. The molecule has 0 radical (unpaired) electrons. The molecule has 2 saturated heterocycles. The molecule has 6 nitrogen and oxygen atoms in total. The Morgan fingerprint density at radius 3 is 2.70 bits per heavy atom. The van der Waals surface area contributed by atoms with Crippen molar-refractivity contribution in [3.05, 3.63) is 41.7 Å². The van der Waals surface area contributed by atoms with Gasteiger partial charge in [0.15, 0.2) is 5.16 Å². The van der Waals surface area contributed by atoms with Crippen molar-refractivity contribution in [3.63, 3.8) is 0 Å². The van der Waals surface area contributed by atoms with Crippen LogP contribution in [-0.4, -0.2) is 57.1 Å². The average Bonchev–Trinajstić information content (AvgIpc) is 3.45. The number of hydrogen-bond acceptors (Lipinski definition) is 5. The first kappa shape index (κ1) is 18.5. The lowest BCUT2D eigenvalue weighted by Gasteiger charge is -2.16. The number of thioether (sulfide) groups is 1. The first-order valence-electron chi connectivity index (χ1n) is 9.78. The van der Waals surface area contributed by atoms with E-state index in [9.17, 15) is 4.79 Å². The van der Waals surface area contributed by atoms with Crippen LogP contribution in [0, 0.1) is 0 Å². The Balaban J connectivity index is 1.48. The zero-order valence-electron chi connectivity index (χ0n) is 15.5. The Morgan fingerprint density at radius 2 is 1.96 bits per heavy atom. The van der Waals surface area contributed by atoms with Crippen LogP contribution in [0.1, 0.15) is 37.1 Å². The molecule has 0 aliphatic carbocycles. The second kappa shape index (κ2) is 8.89. The third-order valence-corrected chi connectivity index (χ3v) is 6.14. The fourth-order valence-corrected chi connectivity index (χ4v) is 4.56. The molecule has 2 fully saturated rings. The molecule has 0 spiro atoms. The van der Waals surface area contributed by atoms with Crippen LogP contribution >= 0.6 is 11.8 Å². The molecule has 7 heteroatoms. The van der Waals surface area contributed by atoms with Crippen LogP contribution < -0.4 is 0 Å². The van der Waals surface area contributed by atoms with Gasteiger partial charge in [0.2, 0.25) is 5.91 Å². The quantitative estimate of drug-likeness (QED) is 0.685. The van der Waals surface area contributed by atoms with E-state index in [1.54, 1.807) is 0 Å². The summed E-state index contributed by atoms with van der Waals surface area (Å²) in [4.78, 5) is 14.4. The van der Waals surface area contributed by atoms with Crippen molar-refractivity contribution < 1.29 is 9.53 Å². The van der Waals surface area contributed by atoms with Gasteiger partial charge in [-0.3, -0.25) is 4.79 Å². The summed E-state index contributed by atoms with van der Waals surface area (Å²) in [6.45, 7) is 3.37. The standard InChI is InChI=1S/C20H26N4O2S/c25-19(23-10-4-5-11-23)15-27-20-22-21-18(13-16-7-2-1-3-8-16)24(20)14-17-9-6-12-26-17/h1-3,7-8,17H,4-6,9-15H2/t17-/m0/s1. The Hall–Kier alpha value is -1.86. The maximum Gasteiger partial charge on any atom is 0.233 e. The fourth-order valence-electron chi connectivity index (χ4n) is 3.69. The minimum atomic E-state index is 0.203. The highest BCUT2D eigenvalue weighted by Crippen LogP contribution is 2.23. The summed E-state index contributed by atoms with van der Waals surface area (Å²) in [7, 11) is 0. The number of benzene rings is 1. The predicted molar refractivity (Wildman–Crippen MR) is 105 cm³/mol. The fraction of sp³-hybridized carbons (Fsp3) is 0.550. The Morgan fingerprint density at radius 1 is 1.15 bits per heavy atom. The Bertz CT molecular complexity index is 753. The van der Waals surface area contributed by atoms with Crippen molar-refractivity contribution in [1.82, 2.24) is 19.7 Å². The van der Waals surface area contributed by atoms with Crippen LogP contribution in [0.5, 0.6) is 0 Å². The van der Waals surface area contributed by atoms with Crippen molar-refractivity contribution in [2.45, 2.75) is 49.9 Å². The van der Waals surface area contributed by atoms with E-state index in [-0.39, 0.29) is 12.0 Å². The molecule has 1 aromatic carbocycles. The maximum atomic E-state index is 12.4. The van der Waals surface area contributed by atoms with E-state index in [1.807, 2.05) is 23.1 Å². The van der Waals surface area contributed by atoms with Gasteiger partial charge in [0.05, 0.1) is 18.4 Å². The van der Waals surface area contributed by atoms with E-state index in [4.69, 9.17) is 4.74 Å². The monoisotopic (exact) mass is 386 g/mol. The number of carbonyl (C=O) groups is 1. The molecule has 1 amide bonds. The zero-order chi connectivity index (χ0) is 18.5. The molecule has 27 heavy (non-hydrogen) atoms. The summed E-state index contributed by atoms with van der Waals surface area (Å²) in [5, 5.41) is 9.67. The minimum Gasteiger partial charge on any atom is -0.376 e. The number of rotatable bonds is 7. The van der Waals surface area contributed by atoms with Crippen molar-refractivity contribution >= 4 is 17.7 Å². The summed E-state index contributed by atoms with van der Waals surface area (Å²) >= 11 is 1.50. The number of ether oxygens (including phenoxy) is 1. The van der Waals surface area contributed by atoms with Gasteiger partial charge in [-0.15, -0.1) is 10.2 Å². The molecule has 2 aliphatic heterocycles. The number of hydrogen-bond donors (Lipinski definition) is 0.